The number of hydrogen-bond acceptors (Lipinski definition) is 5. The third-order valence-electron chi connectivity index (χ3n) is 6.35. The average Bonchev–Trinajstić information content (AvgIpc) is 3.35. The van der Waals surface area contributed by atoms with E-state index in [0.717, 1.165) is 29.5 Å². The molecule has 4 heterocycles. The van der Waals surface area contributed by atoms with E-state index in [9.17, 15) is 9.59 Å². The number of pyridine rings is 2. The van der Waals surface area contributed by atoms with Gasteiger partial charge in [0.15, 0.2) is 0 Å². The van der Waals surface area contributed by atoms with E-state index < -0.39 is 5.91 Å². The number of amides is 1. The monoisotopic (exact) mass is 457 g/mol. The van der Waals surface area contributed by atoms with Crippen LogP contribution in [-0.2, 0) is 11.3 Å². The Labute approximate surface area is 196 Å². The van der Waals surface area contributed by atoms with Crippen LogP contribution in [0, 0.1) is 19.3 Å². The van der Waals surface area contributed by atoms with Crippen LogP contribution in [0.25, 0.3) is 16.7 Å². The van der Waals surface area contributed by atoms with Crippen molar-refractivity contribution in [2.75, 3.05) is 13.2 Å². The van der Waals surface area contributed by atoms with Crippen LogP contribution in [0.5, 0.6) is 0 Å². The second kappa shape index (κ2) is 8.87. The maximum Gasteiger partial charge on any atom is 0.267 e. The first-order valence-electron chi connectivity index (χ1n) is 11.5. The highest BCUT2D eigenvalue weighted by Gasteiger charge is 2.20. The Morgan fingerprint density at radius 1 is 1.21 bits per heavy atom. The van der Waals surface area contributed by atoms with Gasteiger partial charge in [0.25, 0.3) is 11.5 Å². The van der Waals surface area contributed by atoms with Crippen molar-refractivity contribution < 1.29 is 9.53 Å². The highest BCUT2D eigenvalue weighted by atomic mass is 16.5. The summed E-state index contributed by atoms with van der Waals surface area (Å²) in [7, 11) is 0. The molecule has 2 N–H and O–H groups in total. The van der Waals surface area contributed by atoms with Crippen molar-refractivity contribution in [3.63, 3.8) is 0 Å². The van der Waals surface area contributed by atoms with E-state index in [1.165, 1.54) is 10.5 Å². The van der Waals surface area contributed by atoms with Crippen molar-refractivity contribution in [3.8, 4) is 0 Å². The fraction of sp³-hybridized carbons (Fsp3) is 0.308. The molecule has 1 atom stereocenters. The number of aromatic nitrogens is 3. The smallest absolute Gasteiger partial charge is 0.267 e. The summed E-state index contributed by atoms with van der Waals surface area (Å²) in [6.45, 7) is 5.30. The van der Waals surface area contributed by atoms with E-state index in [4.69, 9.17) is 15.1 Å². The molecule has 0 bridgehead atoms. The molecule has 174 valence electrons. The summed E-state index contributed by atoms with van der Waals surface area (Å²) in [5.41, 5.74) is 3.75. The van der Waals surface area contributed by atoms with Crippen molar-refractivity contribution in [2.45, 2.75) is 39.3 Å². The molecule has 3 aromatic heterocycles. The summed E-state index contributed by atoms with van der Waals surface area (Å²) in [6.07, 6.45) is 3.53. The lowest BCUT2D eigenvalue weighted by Gasteiger charge is -2.16. The van der Waals surface area contributed by atoms with Crippen molar-refractivity contribution >= 4 is 22.6 Å². The number of benzene rings is 1. The normalized spacial score (nSPS) is 15.8. The molecule has 0 aliphatic carbocycles. The lowest BCUT2D eigenvalue weighted by molar-refractivity contribution is 0.0856. The molecule has 4 aromatic rings. The van der Waals surface area contributed by atoms with E-state index in [-0.39, 0.29) is 22.7 Å². The zero-order valence-corrected chi connectivity index (χ0v) is 19.3. The first-order valence-corrected chi connectivity index (χ1v) is 11.5. The Morgan fingerprint density at radius 3 is 2.74 bits per heavy atom. The van der Waals surface area contributed by atoms with Crippen LogP contribution in [0.3, 0.4) is 0 Å². The van der Waals surface area contributed by atoms with Gasteiger partial charge in [-0.25, -0.2) is 4.98 Å². The van der Waals surface area contributed by atoms with Gasteiger partial charge in [-0.05, 0) is 49.9 Å². The van der Waals surface area contributed by atoms with Gasteiger partial charge in [-0.1, -0.05) is 35.9 Å². The number of nitrogens with one attached hydrogen (secondary N) is 2. The van der Waals surface area contributed by atoms with Gasteiger partial charge < -0.3 is 14.6 Å². The third kappa shape index (κ3) is 4.01. The molecule has 8 nitrogen and oxygen atoms in total. The Kier molecular flexibility index (Phi) is 5.75. The van der Waals surface area contributed by atoms with Crippen molar-refractivity contribution in [1.82, 2.24) is 19.3 Å². The minimum atomic E-state index is -0.395. The first kappa shape index (κ1) is 22.0. The van der Waals surface area contributed by atoms with Gasteiger partial charge in [0.05, 0.1) is 23.6 Å². The highest BCUT2D eigenvalue weighted by Crippen LogP contribution is 2.15. The highest BCUT2D eigenvalue weighted by molar-refractivity contribution is 5.96. The van der Waals surface area contributed by atoms with Gasteiger partial charge in [0.1, 0.15) is 16.8 Å². The number of aryl methyl sites for hydroxylation is 2. The van der Waals surface area contributed by atoms with E-state index in [1.807, 2.05) is 44.2 Å². The first-order chi connectivity index (χ1) is 16.4. The number of carbonyl (C=O) groups is 1. The molecule has 1 saturated heterocycles. The Balaban J connectivity index is 1.68. The molecule has 0 spiro atoms. The summed E-state index contributed by atoms with van der Waals surface area (Å²) < 4.78 is 8.74. The molecule has 5 rings (SSSR count). The second-order valence-electron chi connectivity index (χ2n) is 8.86. The molecular weight excluding hydrogens is 430 g/mol. The Bertz CT molecular complexity index is 1510. The second-order valence-corrected chi connectivity index (χ2v) is 8.86. The van der Waals surface area contributed by atoms with Crippen LogP contribution < -0.4 is 16.4 Å². The largest absolute Gasteiger partial charge is 0.376 e. The SMILES string of the molecule is Cc1ccc(Cn2c(=N)c(C(=O)NC[C@@H]3CCCO3)cc3c(=O)n4cccc(C)c4nc32)cc1. The molecule has 34 heavy (non-hydrogen) atoms. The zero-order chi connectivity index (χ0) is 23.8. The summed E-state index contributed by atoms with van der Waals surface area (Å²) in [5.74, 6) is -0.395. The van der Waals surface area contributed by atoms with Crippen LogP contribution in [0.2, 0.25) is 0 Å². The van der Waals surface area contributed by atoms with Gasteiger partial charge in [0.2, 0.25) is 0 Å². The number of ether oxygens (including phenoxy) is 1. The van der Waals surface area contributed by atoms with Crippen LogP contribution in [0.15, 0.2) is 53.5 Å². The summed E-state index contributed by atoms with van der Waals surface area (Å²) >= 11 is 0. The predicted molar refractivity (Wildman–Crippen MR) is 129 cm³/mol. The fourth-order valence-electron chi connectivity index (χ4n) is 4.41. The summed E-state index contributed by atoms with van der Waals surface area (Å²) in [6, 6.07) is 13.2. The maximum absolute atomic E-state index is 13.4. The lowest BCUT2D eigenvalue weighted by atomic mass is 10.1. The van der Waals surface area contributed by atoms with Crippen LogP contribution in [0.1, 0.15) is 39.9 Å². The minimum absolute atomic E-state index is 0.0162. The van der Waals surface area contributed by atoms with E-state index in [0.29, 0.717) is 36.4 Å². The number of fused-ring (bicyclic) bond motifs is 2. The Hall–Kier alpha value is -3.78. The Morgan fingerprint density at radius 2 is 2.00 bits per heavy atom. The van der Waals surface area contributed by atoms with Crippen molar-refractivity contribution in [2.24, 2.45) is 0 Å². The molecule has 0 radical (unpaired) electrons. The van der Waals surface area contributed by atoms with Gasteiger partial charge in [0, 0.05) is 19.3 Å². The zero-order valence-electron chi connectivity index (χ0n) is 19.3. The minimum Gasteiger partial charge on any atom is -0.376 e. The van der Waals surface area contributed by atoms with Crippen LogP contribution in [0.4, 0.5) is 0 Å². The molecule has 1 aliphatic heterocycles. The standard InChI is InChI=1S/C26H27N5O3/c1-16-7-9-18(10-8-16)15-31-22(27)20(25(32)28-14-19-6-4-12-34-19)13-21-24(31)29-23-17(2)5-3-11-30(23)26(21)33/h3,5,7-11,13,19,27H,4,6,12,14-15H2,1-2H3,(H,28,32)/t19-/m0/s1. The van der Waals surface area contributed by atoms with Crippen LogP contribution >= 0.6 is 0 Å². The van der Waals surface area contributed by atoms with E-state index >= 15 is 0 Å². The quantitative estimate of drug-likeness (QED) is 0.450. The van der Waals surface area contributed by atoms with Gasteiger partial charge >= 0.3 is 0 Å². The summed E-state index contributed by atoms with van der Waals surface area (Å²) in [5, 5.41) is 12.1. The number of nitrogens with zero attached hydrogens (tertiary/aromatic N) is 3. The predicted octanol–water partition coefficient (Wildman–Crippen LogP) is 2.70. The van der Waals surface area contributed by atoms with Crippen molar-refractivity contribution in [1.29, 1.82) is 5.41 Å². The third-order valence-corrected chi connectivity index (χ3v) is 6.35. The number of rotatable bonds is 5. The molecule has 8 heteroatoms. The summed E-state index contributed by atoms with van der Waals surface area (Å²) in [4.78, 5) is 31.3. The van der Waals surface area contributed by atoms with E-state index in [1.54, 1.807) is 16.8 Å². The molecule has 1 aromatic carbocycles. The van der Waals surface area contributed by atoms with Crippen LogP contribution in [-0.4, -0.2) is 39.1 Å². The van der Waals surface area contributed by atoms with Gasteiger partial charge in [-0.15, -0.1) is 0 Å². The van der Waals surface area contributed by atoms with E-state index in [2.05, 4.69) is 5.32 Å². The lowest BCUT2D eigenvalue weighted by Crippen LogP contribution is -2.38. The number of carbonyl (C=O) groups excluding carboxylic acids is 1. The molecule has 1 aliphatic rings. The van der Waals surface area contributed by atoms with Gasteiger partial charge in [-0.2, -0.15) is 0 Å². The number of hydrogen-bond donors (Lipinski definition) is 2. The molecule has 1 amide bonds. The topological polar surface area (TPSA) is 101 Å². The molecule has 0 saturated carbocycles. The molecule has 0 unspecified atom stereocenters. The fourth-order valence-corrected chi connectivity index (χ4v) is 4.41. The van der Waals surface area contributed by atoms with Gasteiger partial charge in [-0.3, -0.25) is 19.4 Å². The maximum atomic E-state index is 13.4. The average molecular weight is 458 g/mol. The molecular formula is C26H27N5O3. The molecule has 1 fully saturated rings. The van der Waals surface area contributed by atoms with Crippen molar-refractivity contribution in [3.05, 3.63) is 86.8 Å².